The molecule has 1 unspecified atom stereocenters. The predicted octanol–water partition coefficient (Wildman–Crippen LogP) is 0.207. The number of hydrogen-bond acceptors (Lipinski definition) is 4. The van der Waals surface area contributed by atoms with Crippen LogP contribution in [0.3, 0.4) is 0 Å². The summed E-state index contributed by atoms with van der Waals surface area (Å²) in [5, 5.41) is 3.24. The van der Waals surface area contributed by atoms with Crippen LogP contribution in [0.15, 0.2) is 0 Å². The van der Waals surface area contributed by atoms with E-state index in [1.54, 1.807) is 0 Å². The summed E-state index contributed by atoms with van der Waals surface area (Å²) in [4.78, 5) is 2.06. The minimum Gasteiger partial charge on any atom is -0.315 e. The second-order valence-electron chi connectivity index (χ2n) is 4.53. The van der Waals surface area contributed by atoms with Crippen molar-refractivity contribution in [2.45, 2.75) is 19.9 Å². The van der Waals surface area contributed by atoms with Gasteiger partial charge in [-0.2, -0.15) is 0 Å². The molecule has 0 aromatic heterocycles. The second kappa shape index (κ2) is 6.45. The van der Waals surface area contributed by atoms with Crippen molar-refractivity contribution in [2.24, 2.45) is 5.92 Å². The van der Waals surface area contributed by atoms with Crippen LogP contribution in [0.1, 0.15) is 13.8 Å². The monoisotopic (exact) mass is 236 g/mol. The van der Waals surface area contributed by atoms with Crippen molar-refractivity contribution in [2.75, 3.05) is 39.2 Å². The standard InChI is InChI=1S/C10H24N2O2S/c1-9(2)10(11-3)8-12(4)6-7-15(5,13)14/h9-11H,6-8H2,1-5H3. The van der Waals surface area contributed by atoms with Gasteiger partial charge < -0.3 is 10.2 Å². The maximum Gasteiger partial charge on any atom is 0.148 e. The van der Waals surface area contributed by atoms with Crippen LogP contribution < -0.4 is 5.32 Å². The molecule has 1 atom stereocenters. The Bertz CT molecular complexity index is 263. The maximum atomic E-state index is 11.0. The van der Waals surface area contributed by atoms with Crippen LogP contribution in [0, 0.1) is 5.92 Å². The predicted molar refractivity (Wildman–Crippen MR) is 64.9 cm³/mol. The van der Waals surface area contributed by atoms with Crippen molar-refractivity contribution in [3.63, 3.8) is 0 Å². The van der Waals surface area contributed by atoms with E-state index in [0.29, 0.717) is 18.5 Å². The van der Waals surface area contributed by atoms with Crippen molar-refractivity contribution in [3.05, 3.63) is 0 Å². The van der Waals surface area contributed by atoms with E-state index < -0.39 is 9.84 Å². The third-order valence-corrected chi connectivity index (χ3v) is 3.45. The third kappa shape index (κ3) is 7.76. The molecule has 0 bridgehead atoms. The van der Waals surface area contributed by atoms with Crippen LogP contribution in [0.4, 0.5) is 0 Å². The summed E-state index contributed by atoms with van der Waals surface area (Å²) >= 11 is 0. The van der Waals surface area contributed by atoms with Gasteiger partial charge in [-0.15, -0.1) is 0 Å². The molecule has 0 amide bonds. The van der Waals surface area contributed by atoms with Crippen LogP contribution >= 0.6 is 0 Å². The molecule has 0 fully saturated rings. The number of nitrogens with zero attached hydrogens (tertiary/aromatic N) is 1. The van der Waals surface area contributed by atoms with Gasteiger partial charge in [0.1, 0.15) is 9.84 Å². The van der Waals surface area contributed by atoms with Crippen LogP contribution in [0.2, 0.25) is 0 Å². The fraction of sp³-hybridized carbons (Fsp3) is 1.00. The van der Waals surface area contributed by atoms with Gasteiger partial charge in [0.15, 0.2) is 0 Å². The Morgan fingerprint density at radius 1 is 1.33 bits per heavy atom. The molecule has 0 aromatic rings. The number of hydrogen-bond donors (Lipinski definition) is 1. The smallest absolute Gasteiger partial charge is 0.148 e. The van der Waals surface area contributed by atoms with E-state index in [0.717, 1.165) is 6.54 Å². The Hall–Kier alpha value is -0.130. The molecule has 0 rings (SSSR count). The minimum absolute atomic E-state index is 0.234. The fourth-order valence-corrected chi connectivity index (χ4v) is 2.03. The molecule has 15 heavy (non-hydrogen) atoms. The third-order valence-electron chi connectivity index (χ3n) is 2.53. The molecule has 0 saturated heterocycles. The van der Waals surface area contributed by atoms with Crippen LogP contribution in [0.5, 0.6) is 0 Å². The molecule has 0 spiro atoms. The average Bonchev–Trinajstić information content (AvgIpc) is 2.09. The second-order valence-corrected chi connectivity index (χ2v) is 6.79. The highest BCUT2D eigenvalue weighted by Gasteiger charge is 2.14. The number of rotatable bonds is 7. The Balaban J connectivity index is 3.97. The van der Waals surface area contributed by atoms with Crippen molar-refractivity contribution >= 4 is 9.84 Å². The Morgan fingerprint density at radius 3 is 2.20 bits per heavy atom. The summed E-state index contributed by atoms with van der Waals surface area (Å²) < 4.78 is 22.0. The first kappa shape index (κ1) is 14.9. The zero-order chi connectivity index (χ0) is 12.1. The van der Waals surface area contributed by atoms with E-state index in [4.69, 9.17) is 0 Å². The molecule has 92 valence electrons. The topological polar surface area (TPSA) is 49.4 Å². The molecule has 0 heterocycles. The molecule has 0 aliphatic rings. The summed E-state index contributed by atoms with van der Waals surface area (Å²) in [5.41, 5.74) is 0. The SMILES string of the molecule is CNC(CN(C)CCS(C)(=O)=O)C(C)C. The molecule has 0 aromatic carbocycles. The molecule has 0 aliphatic heterocycles. The van der Waals surface area contributed by atoms with E-state index in [-0.39, 0.29) is 5.75 Å². The van der Waals surface area contributed by atoms with E-state index in [1.165, 1.54) is 6.26 Å². The lowest BCUT2D eigenvalue weighted by molar-refractivity contribution is 0.273. The van der Waals surface area contributed by atoms with Gasteiger partial charge in [-0.05, 0) is 20.0 Å². The molecule has 4 nitrogen and oxygen atoms in total. The largest absolute Gasteiger partial charge is 0.315 e. The van der Waals surface area contributed by atoms with Gasteiger partial charge in [-0.1, -0.05) is 13.8 Å². The molecule has 0 aliphatic carbocycles. The zero-order valence-corrected chi connectivity index (χ0v) is 11.3. The van der Waals surface area contributed by atoms with Crippen molar-refractivity contribution < 1.29 is 8.42 Å². The zero-order valence-electron chi connectivity index (χ0n) is 10.4. The lowest BCUT2D eigenvalue weighted by atomic mass is 10.0. The lowest BCUT2D eigenvalue weighted by Crippen LogP contribution is -2.42. The minimum atomic E-state index is -2.84. The van der Waals surface area contributed by atoms with E-state index in [1.807, 2.05) is 14.1 Å². The van der Waals surface area contributed by atoms with E-state index >= 15 is 0 Å². The summed E-state index contributed by atoms with van der Waals surface area (Å²) in [7, 11) is 1.05. The summed E-state index contributed by atoms with van der Waals surface area (Å²) in [6, 6.07) is 0.412. The molecular weight excluding hydrogens is 212 g/mol. The van der Waals surface area contributed by atoms with Gasteiger partial charge in [0.2, 0.25) is 0 Å². The lowest BCUT2D eigenvalue weighted by Gasteiger charge is -2.26. The first-order valence-electron chi connectivity index (χ1n) is 5.29. The summed E-state index contributed by atoms with van der Waals surface area (Å²) in [6.07, 6.45) is 1.28. The van der Waals surface area contributed by atoms with Gasteiger partial charge in [0.05, 0.1) is 5.75 Å². The maximum absolute atomic E-state index is 11.0. The van der Waals surface area contributed by atoms with Crippen LogP contribution in [-0.4, -0.2) is 58.6 Å². The Labute approximate surface area is 94.0 Å². The average molecular weight is 236 g/mol. The quantitative estimate of drug-likeness (QED) is 0.686. The molecule has 1 N–H and O–H groups in total. The van der Waals surface area contributed by atoms with Crippen LogP contribution in [0.25, 0.3) is 0 Å². The summed E-state index contributed by atoms with van der Waals surface area (Å²) in [5.74, 6) is 0.786. The fourth-order valence-electron chi connectivity index (χ4n) is 1.38. The highest BCUT2D eigenvalue weighted by molar-refractivity contribution is 7.90. The van der Waals surface area contributed by atoms with Gasteiger partial charge >= 0.3 is 0 Å². The number of likely N-dealkylation sites (N-methyl/N-ethyl adjacent to an activating group) is 2. The van der Waals surface area contributed by atoms with Gasteiger partial charge in [0, 0.05) is 25.4 Å². The van der Waals surface area contributed by atoms with Crippen molar-refractivity contribution in [1.29, 1.82) is 0 Å². The molecular formula is C10H24N2O2S. The Kier molecular flexibility index (Phi) is 6.40. The highest BCUT2D eigenvalue weighted by Crippen LogP contribution is 2.02. The molecule has 0 saturated carbocycles. The van der Waals surface area contributed by atoms with Gasteiger partial charge in [-0.3, -0.25) is 0 Å². The first-order valence-corrected chi connectivity index (χ1v) is 7.36. The normalized spacial score (nSPS) is 14.9. The highest BCUT2D eigenvalue weighted by atomic mass is 32.2. The van der Waals surface area contributed by atoms with Gasteiger partial charge in [-0.25, -0.2) is 8.42 Å². The first-order chi connectivity index (χ1) is 6.76. The van der Waals surface area contributed by atoms with Gasteiger partial charge in [0.25, 0.3) is 0 Å². The van der Waals surface area contributed by atoms with Crippen LogP contribution in [-0.2, 0) is 9.84 Å². The number of sulfone groups is 1. The Morgan fingerprint density at radius 2 is 1.87 bits per heavy atom. The van der Waals surface area contributed by atoms with Crippen molar-refractivity contribution in [1.82, 2.24) is 10.2 Å². The molecule has 0 radical (unpaired) electrons. The van der Waals surface area contributed by atoms with Crippen molar-refractivity contribution in [3.8, 4) is 0 Å². The number of nitrogens with one attached hydrogen (secondary N) is 1. The van der Waals surface area contributed by atoms with E-state index in [9.17, 15) is 8.42 Å². The summed E-state index contributed by atoms with van der Waals surface area (Å²) in [6.45, 7) is 5.80. The van der Waals surface area contributed by atoms with E-state index in [2.05, 4.69) is 24.1 Å². The molecule has 5 heteroatoms.